The van der Waals surface area contributed by atoms with Crippen molar-refractivity contribution in [2.75, 3.05) is 11.9 Å². The fourth-order valence-electron chi connectivity index (χ4n) is 3.89. The zero-order valence-electron chi connectivity index (χ0n) is 17.4. The van der Waals surface area contributed by atoms with Crippen molar-refractivity contribution >= 4 is 17.6 Å². The fourth-order valence-corrected chi connectivity index (χ4v) is 3.89. The van der Waals surface area contributed by atoms with Crippen LogP contribution < -0.4 is 10.1 Å². The van der Waals surface area contributed by atoms with Crippen molar-refractivity contribution < 1.29 is 19.1 Å². The molecule has 0 heterocycles. The van der Waals surface area contributed by atoms with Crippen molar-refractivity contribution in [2.24, 2.45) is 0 Å². The van der Waals surface area contributed by atoms with E-state index in [1.54, 1.807) is 6.92 Å². The van der Waals surface area contributed by atoms with Gasteiger partial charge in [0.1, 0.15) is 5.75 Å². The zero-order valence-corrected chi connectivity index (χ0v) is 17.4. The standard InChI is InChI=1S/C24H29NO4/c1-4-28-23(27)24(11-5-6-12-24)29-21-9-7-19(8-10-21)16-22(26)25-20-14-17(2)13-18(3)15-20/h7-10,13-15H,4-6,11-12,16H2,1-3H3,(H,25,26). The maximum atomic E-state index is 12.4. The molecule has 1 amide bonds. The van der Waals surface area contributed by atoms with Gasteiger partial charge in [-0.3, -0.25) is 4.79 Å². The van der Waals surface area contributed by atoms with E-state index >= 15 is 0 Å². The number of ether oxygens (including phenoxy) is 2. The smallest absolute Gasteiger partial charge is 0.350 e. The highest BCUT2D eigenvalue weighted by Gasteiger charge is 2.45. The summed E-state index contributed by atoms with van der Waals surface area (Å²) in [5.41, 5.74) is 3.05. The maximum absolute atomic E-state index is 12.4. The lowest BCUT2D eigenvalue weighted by molar-refractivity contribution is -0.161. The normalized spacial score (nSPS) is 15.0. The van der Waals surface area contributed by atoms with Crippen molar-refractivity contribution in [1.29, 1.82) is 0 Å². The molecular formula is C24H29NO4. The third kappa shape index (κ3) is 5.37. The number of hydrogen-bond donors (Lipinski definition) is 1. The highest BCUT2D eigenvalue weighted by atomic mass is 16.6. The molecule has 0 unspecified atom stereocenters. The van der Waals surface area contributed by atoms with E-state index in [1.807, 2.05) is 50.2 Å². The number of benzene rings is 2. The van der Waals surface area contributed by atoms with Crippen LogP contribution in [0.1, 0.15) is 49.3 Å². The molecule has 5 nitrogen and oxygen atoms in total. The van der Waals surface area contributed by atoms with Crippen LogP contribution in [-0.2, 0) is 20.7 Å². The molecule has 1 fully saturated rings. The van der Waals surface area contributed by atoms with E-state index in [0.717, 1.165) is 35.2 Å². The molecule has 3 rings (SSSR count). The van der Waals surface area contributed by atoms with Crippen LogP contribution in [0.25, 0.3) is 0 Å². The predicted molar refractivity (Wildman–Crippen MR) is 113 cm³/mol. The van der Waals surface area contributed by atoms with Crippen LogP contribution in [0.3, 0.4) is 0 Å². The minimum absolute atomic E-state index is 0.0672. The number of hydrogen-bond acceptors (Lipinski definition) is 4. The van der Waals surface area contributed by atoms with Gasteiger partial charge in [0.25, 0.3) is 0 Å². The number of amides is 1. The van der Waals surface area contributed by atoms with Gasteiger partial charge in [0.05, 0.1) is 13.0 Å². The van der Waals surface area contributed by atoms with E-state index in [-0.39, 0.29) is 18.3 Å². The van der Waals surface area contributed by atoms with Gasteiger partial charge in [-0.2, -0.15) is 0 Å². The van der Waals surface area contributed by atoms with Crippen LogP contribution in [0.5, 0.6) is 5.75 Å². The lowest BCUT2D eigenvalue weighted by atomic mass is 10.0. The summed E-state index contributed by atoms with van der Waals surface area (Å²) < 4.78 is 11.3. The number of nitrogens with one attached hydrogen (secondary N) is 1. The number of carbonyl (C=O) groups is 2. The first-order valence-corrected chi connectivity index (χ1v) is 10.2. The first kappa shape index (κ1) is 20.9. The Kier molecular flexibility index (Phi) is 6.57. The first-order valence-electron chi connectivity index (χ1n) is 10.2. The summed E-state index contributed by atoms with van der Waals surface area (Å²) in [5, 5.41) is 2.95. The second-order valence-corrected chi connectivity index (χ2v) is 7.77. The number of esters is 1. The predicted octanol–water partition coefficient (Wildman–Crippen LogP) is 4.74. The molecule has 0 bridgehead atoms. The lowest BCUT2D eigenvalue weighted by Crippen LogP contribution is -2.43. The molecule has 5 heteroatoms. The molecule has 1 aliphatic carbocycles. The SMILES string of the molecule is CCOC(=O)C1(Oc2ccc(CC(=O)Nc3cc(C)cc(C)c3)cc2)CCCC1. The molecule has 1 saturated carbocycles. The number of aryl methyl sites for hydroxylation is 2. The van der Waals surface area contributed by atoms with E-state index in [4.69, 9.17) is 9.47 Å². The molecule has 154 valence electrons. The molecular weight excluding hydrogens is 366 g/mol. The van der Waals surface area contributed by atoms with Crippen LogP contribution >= 0.6 is 0 Å². The second kappa shape index (κ2) is 9.12. The fraction of sp³-hybridized carbons (Fsp3) is 0.417. The van der Waals surface area contributed by atoms with E-state index in [0.29, 0.717) is 25.2 Å². The molecule has 0 aliphatic heterocycles. The summed E-state index contributed by atoms with van der Waals surface area (Å²) in [6.45, 7) is 6.17. The van der Waals surface area contributed by atoms with Crippen LogP contribution in [0.15, 0.2) is 42.5 Å². The van der Waals surface area contributed by atoms with Gasteiger partial charge in [0.2, 0.25) is 11.5 Å². The summed E-state index contributed by atoms with van der Waals surface area (Å²) in [7, 11) is 0. The molecule has 2 aromatic rings. The highest BCUT2D eigenvalue weighted by Crippen LogP contribution is 2.35. The van der Waals surface area contributed by atoms with Crippen LogP contribution in [-0.4, -0.2) is 24.1 Å². The number of anilines is 1. The molecule has 1 aliphatic rings. The zero-order chi connectivity index (χ0) is 20.9. The van der Waals surface area contributed by atoms with Crippen molar-refractivity contribution in [3.63, 3.8) is 0 Å². The van der Waals surface area contributed by atoms with Crippen molar-refractivity contribution in [2.45, 2.75) is 58.5 Å². The van der Waals surface area contributed by atoms with Gasteiger partial charge in [-0.1, -0.05) is 18.2 Å². The first-order chi connectivity index (χ1) is 13.9. The van der Waals surface area contributed by atoms with E-state index in [9.17, 15) is 9.59 Å². The Morgan fingerprint density at radius 1 is 1.00 bits per heavy atom. The van der Waals surface area contributed by atoms with E-state index < -0.39 is 5.60 Å². The van der Waals surface area contributed by atoms with Gasteiger partial charge >= 0.3 is 5.97 Å². The van der Waals surface area contributed by atoms with Gasteiger partial charge in [-0.05, 0) is 87.4 Å². The Balaban J connectivity index is 1.62. The quantitative estimate of drug-likeness (QED) is 0.688. The highest BCUT2D eigenvalue weighted by molar-refractivity contribution is 5.92. The molecule has 29 heavy (non-hydrogen) atoms. The monoisotopic (exact) mass is 395 g/mol. The summed E-state index contributed by atoms with van der Waals surface area (Å²) in [6.07, 6.45) is 3.53. The minimum Gasteiger partial charge on any atom is -0.476 e. The van der Waals surface area contributed by atoms with Crippen LogP contribution in [0.2, 0.25) is 0 Å². The molecule has 1 N–H and O–H groups in total. The van der Waals surface area contributed by atoms with Gasteiger partial charge in [-0.25, -0.2) is 4.79 Å². The molecule has 0 atom stereocenters. The second-order valence-electron chi connectivity index (χ2n) is 7.77. The lowest BCUT2D eigenvalue weighted by Gasteiger charge is -2.27. The van der Waals surface area contributed by atoms with Gasteiger partial charge < -0.3 is 14.8 Å². The molecule has 0 spiro atoms. The number of rotatable bonds is 7. The van der Waals surface area contributed by atoms with Gasteiger partial charge in [0, 0.05) is 5.69 Å². The third-order valence-electron chi connectivity index (χ3n) is 5.17. The average molecular weight is 395 g/mol. The van der Waals surface area contributed by atoms with Crippen molar-refractivity contribution in [3.05, 3.63) is 59.2 Å². The Bertz CT molecular complexity index is 847. The van der Waals surface area contributed by atoms with E-state index in [2.05, 4.69) is 11.4 Å². The number of carbonyl (C=O) groups excluding carboxylic acids is 2. The Labute approximate surface area is 172 Å². The Morgan fingerprint density at radius 3 is 2.21 bits per heavy atom. The maximum Gasteiger partial charge on any atom is 0.350 e. The Hall–Kier alpha value is -2.82. The molecule has 0 saturated heterocycles. The van der Waals surface area contributed by atoms with Gasteiger partial charge in [0.15, 0.2) is 0 Å². The minimum atomic E-state index is -0.877. The Morgan fingerprint density at radius 2 is 1.62 bits per heavy atom. The largest absolute Gasteiger partial charge is 0.476 e. The summed E-state index contributed by atoms with van der Waals surface area (Å²) in [5.74, 6) is 0.273. The summed E-state index contributed by atoms with van der Waals surface area (Å²) in [4.78, 5) is 24.8. The topological polar surface area (TPSA) is 64.6 Å². The van der Waals surface area contributed by atoms with Crippen molar-refractivity contribution in [1.82, 2.24) is 0 Å². The van der Waals surface area contributed by atoms with Crippen LogP contribution in [0.4, 0.5) is 5.69 Å². The average Bonchev–Trinajstić information content (AvgIpc) is 3.12. The molecule has 0 aromatic heterocycles. The summed E-state index contributed by atoms with van der Waals surface area (Å²) >= 11 is 0. The van der Waals surface area contributed by atoms with Gasteiger partial charge in [-0.15, -0.1) is 0 Å². The summed E-state index contributed by atoms with van der Waals surface area (Å²) in [6, 6.07) is 13.4. The van der Waals surface area contributed by atoms with Crippen molar-refractivity contribution in [3.8, 4) is 5.75 Å². The van der Waals surface area contributed by atoms with E-state index in [1.165, 1.54) is 0 Å². The molecule has 0 radical (unpaired) electrons. The third-order valence-corrected chi connectivity index (χ3v) is 5.17. The molecule has 2 aromatic carbocycles. The van der Waals surface area contributed by atoms with Crippen LogP contribution in [0, 0.1) is 13.8 Å².